The fourth-order valence-corrected chi connectivity index (χ4v) is 1.58. The van der Waals surface area contributed by atoms with Crippen molar-refractivity contribution >= 4 is 11.7 Å². The Hall–Kier alpha value is -2.53. The standard InChI is InChI=1S/C14H13NO4/c15-13-6-5-11(7-12(13)14(17)18)19-10-3-1-9(8-16)2-4-10/h1-7,16H,8,15H2,(H,17,18). The van der Waals surface area contributed by atoms with Crippen molar-refractivity contribution in [2.45, 2.75) is 6.61 Å². The maximum absolute atomic E-state index is 10.9. The molecule has 0 aliphatic carbocycles. The first-order valence-corrected chi connectivity index (χ1v) is 5.60. The summed E-state index contributed by atoms with van der Waals surface area (Å²) in [5.41, 5.74) is 6.53. The van der Waals surface area contributed by atoms with Crippen LogP contribution in [0.25, 0.3) is 0 Å². The third-order valence-electron chi connectivity index (χ3n) is 2.60. The predicted octanol–water partition coefficient (Wildman–Crippen LogP) is 2.25. The summed E-state index contributed by atoms with van der Waals surface area (Å²) in [6, 6.07) is 11.3. The number of carbonyl (C=O) groups is 1. The van der Waals surface area contributed by atoms with Crippen LogP contribution >= 0.6 is 0 Å². The molecule has 0 aromatic heterocycles. The average Bonchev–Trinajstić information content (AvgIpc) is 2.41. The van der Waals surface area contributed by atoms with Crippen molar-refractivity contribution in [3.05, 3.63) is 53.6 Å². The van der Waals surface area contributed by atoms with Gasteiger partial charge in [0.15, 0.2) is 0 Å². The van der Waals surface area contributed by atoms with Gasteiger partial charge in [-0.15, -0.1) is 0 Å². The Kier molecular flexibility index (Phi) is 3.68. The molecule has 0 unspecified atom stereocenters. The molecule has 0 aliphatic rings. The molecule has 19 heavy (non-hydrogen) atoms. The van der Waals surface area contributed by atoms with E-state index in [0.717, 1.165) is 5.56 Å². The van der Waals surface area contributed by atoms with Crippen LogP contribution in [0.3, 0.4) is 0 Å². The molecule has 5 nitrogen and oxygen atoms in total. The summed E-state index contributed by atoms with van der Waals surface area (Å²) < 4.78 is 5.52. The quantitative estimate of drug-likeness (QED) is 0.732. The van der Waals surface area contributed by atoms with Gasteiger partial charge in [-0.2, -0.15) is 0 Å². The van der Waals surface area contributed by atoms with E-state index in [1.807, 2.05) is 0 Å². The number of benzene rings is 2. The van der Waals surface area contributed by atoms with Crippen molar-refractivity contribution in [3.63, 3.8) is 0 Å². The molecule has 0 aliphatic heterocycles. The Morgan fingerprint density at radius 1 is 1.11 bits per heavy atom. The highest BCUT2D eigenvalue weighted by Crippen LogP contribution is 2.25. The van der Waals surface area contributed by atoms with Crippen LogP contribution in [-0.2, 0) is 6.61 Å². The highest BCUT2D eigenvalue weighted by Gasteiger charge is 2.09. The van der Waals surface area contributed by atoms with Crippen molar-refractivity contribution in [1.29, 1.82) is 0 Å². The summed E-state index contributed by atoms with van der Waals surface area (Å²) in [5, 5.41) is 17.9. The Morgan fingerprint density at radius 2 is 1.74 bits per heavy atom. The highest BCUT2D eigenvalue weighted by atomic mass is 16.5. The summed E-state index contributed by atoms with van der Waals surface area (Å²) >= 11 is 0. The topological polar surface area (TPSA) is 92.8 Å². The van der Waals surface area contributed by atoms with Gasteiger partial charge in [-0.3, -0.25) is 0 Å². The molecule has 0 saturated carbocycles. The normalized spacial score (nSPS) is 10.2. The summed E-state index contributed by atoms with van der Waals surface area (Å²) in [4.78, 5) is 10.9. The third-order valence-corrected chi connectivity index (χ3v) is 2.60. The van der Waals surface area contributed by atoms with E-state index >= 15 is 0 Å². The lowest BCUT2D eigenvalue weighted by molar-refractivity contribution is 0.0697. The molecule has 0 heterocycles. The summed E-state index contributed by atoms with van der Waals surface area (Å²) in [6.07, 6.45) is 0. The first-order chi connectivity index (χ1) is 9.10. The van der Waals surface area contributed by atoms with Gasteiger partial charge in [-0.1, -0.05) is 12.1 Å². The molecule has 5 heteroatoms. The SMILES string of the molecule is Nc1ccc(Oc2ccc(CO)cc2)cc1C(=O)O. The molecule has 2 rings (SSSR count). The molecule has 2 aromatic rings. The van der Waals surface area contributed by atoms with E-state index < -0.39 is 5.97 Å². The second kappa shape index (κ2) is 5.41. The number of aliphatic hydroxyl groups is 1. The second-order valence-electron chi connectivity index (χ2n) is 3.96. The molecule has 0 fully saturated rings. The molecule has 0 atom stereocenters. The van der Waals surface area contributed by atoms with Gasteiger partial charge in [0, 0.05) is 5.69 Å². The molecule has 0 amide bonds. The number of nitrogens with two attached hydrogens (primary N) is 1. The number of ether oxygens (including phenoxy) is 1. The molecule has 98 valence electrons. The Morgan fingerprint density at radius 3 is 2.32 bits per heavy atom. The summed E-state index contributed by atoms with van der Waals surface area (Å²) in [7, 11) is 0. The minimum atomic E-state index is -1.10. The van der Waals surface area contributed by atoms with E-state index in [4.69, 9.17) is 20.7 Å². The van der Waals surface area contributed by atoms with Gasteiger partial charge in [0.1, 0.15) is 11.5 Å². The van der Waals surface area contributed by atoms with Crippen LogP contribution in [0.4, 0.5) is 5.69 Å². The van der Waals surface area contributed by atoms with Crippen molar-refractivity contribution < 1.29 is 19.7 Å². The van der Waals surface area contributed by atoms with Gasteiger partial charge >= 0.3 is 5.97 Å². The minimum absolute atomic E-state index is 0.00415. The zero-order valence-corrected chi connectivity index (χ0v) is 10.0. The van der Waals surface area contributed by atoms with Gasteiger partial charge in [0.25, 0.3) is 0 Å². The van der Waals surface area contributed by atoms with Crippen LogP contribution in [-0.4, -0.2) is 16.2 Å². The van der Waals surface area contributed by atoms with E-state index in [0.29, 0.717) is 11.5 Å². The lowest BCUT2D eigenvalue weighted by Crippen LogP contribution is -2.02. The highest BCUT2D eigenvalue weighted by molar-refractivity contribution is 5.94. The first-order valence-electron chi connectivity index (χ1n) is 5.60. The van der Waals surface area contributed by atoms with Crippen molar-refractivity contribution in [2.75, 3.05) is 5.73 Å². The van der Waals surface area contributed by atoms with Crippen LogP contribution in [0.15, 0.2) is 42.5 Å². The Balaban J connectivity index is 2.22. The van der Waals surface area contributed by atoms with Crippen LogP contribution in [0, 0.1) is 0 Å². The number of hydrogen-bond donors (Lipinski definition) is 3. The molecular formula is C14H13NO4. The average molecular weight is 259 g/mol. The van der Waals surface area contributed by atoms with E-state index in [9.17, 15) is 4.79 Å². The molecule has 0 spiro atoms. The number of carboxylic acid groups (broad SMARTS) is 1. The van der Waals surface area contributed by atoms with Crippen molar-refractivity contribution in [1.82, 2.24) is 0 Å². The van der Waals surface area contributed by atoms with E-state index in [1.54, 1.807) is 30.3 Å². The van der Waals surface area contributed by atoms with Crippen molar-refractivity contribution in [2.24, 2.45) is 0 Å². The second-order valence-corrected chi connectivity index (χ2v) is 3.96. The van der Waals surface area contributed by atoms with Crippen LogP contribution in [0.2, 0.25) is 0 Å². The number of rotatable bonds is 4. The van der Waals surface area contributed by atoms with Crippen molar-refractivity contribution in [3.8, 4) is 11.5 Å². The Bertz CT molecular complexity index is 593. The zero-order valence-electron chi connectivity index (χ0n) is 10.0. The predicted molar refractivity (Wildman–Crippen MR) is 70.3 cm³/mol. The minimum Gasteiger partial charge on any atom is -0.478 e. The maximum atomic E-state index is 10.9. The van der Waals surface area contributed by atoms with Gasteiger partial charge < -0.3 is 20.7 Å². The largest absolute Gasteiger partial charge is 0.478 e. The molecule has 0 bridgehead atoms. The van der Waals surface area contributed by atoms with E-state index in [-0.39, 0.29) is 17.9 Å². The zero-order chi connectivity index (χ0) is 13.8. The molecular weight excluding hydrogens is 246 g/mol. The van der Waals surface area contributed by atoms with E-state index in [1.165, 1.54) is 12.1 Å². The van der Waals surface area contributed by atoms with Gasteiger partial charge in [0.2, 0.25) is 0 Å². The third kappa shape index (κ3) is 3.02. The molecule has 4 N–H and O–H groups in total. The maximum Gasteiger partial charge on any atom is 0.337 e. The van der Waals surface area contributed by atoms with Crippen LogP contribution < -0.4 is 10.5 Å². The smallest absolute Gasteiger partial charge is 0.337 e. The molecule has 0 saturated heterocycles. The first kappa shape index (κ1) is 12.9. The van der Waals surface area contributed by atoms with Gasteiger partial charge in [-0.25, -0.2) is 4.79 Å². The van der Waals surface area contributed by atoms with Crippen LogP contribution in [0.5, 0.6) is 11.5 Å². The van der Waals surface area contributed by atoms with Gasteiger partial charge in [0.05, 0.1) is 12.2 Å². The number of aromatic carboxylic acids is 1. The monoisotopic (exact) mass is 259 g/mol. The lowest BCUT2D eigenvalue weighted by atomic mass is 10.1. The summed E-state index contributed by atoms with van der Waals surface area (Å²) in [6.45, 7) is -0.0364. The lowest BCUT2D eigenvalue weighted by Gasteiger charge is -2.08. The summed E-state index contributed by atoms with van der Waals surface area (Å²) in [5.74, 6) is -0.153. The number of carboxylic acids is 1. The Labute approximate surface area is 109 Å². The molecule has 0 radical (unpaired) electrons. The fraction of sp³-hybridized carbons (Fsp3) is 0.0714. The number of hydrogen-bond acceptors (Lipinski definition) is 4. The van der Waals surface area contributed by atoms with Crippen LogP contribution in [0.1, 0.15) is 15.9 Å². The number of aliphatic hydroxyl groups excluding tert-OH is 1. The number of anilines is 1. The van der Waals surface area contributed by atoms with E-state index in [2.05, 4.69) is 0 Å². The van der Waals surface area contributed by atoms with Gasteiger partial charge in [-0.05, 0) is 35.9 Å². The fourth-order valence-electron chi connectivity index (χ4n) is 1.58. The molecule has 2 aromatic carbocycles. The number of nitrogen functional groups attached to an aromatic ring is 1.